The summed E-state index contributed by atoms with van der Waals surface area (Å²) in [6, 6.07) is 11.1. The maximum absolute atomic E-state index is 12.7. The van der Waals surface area contributed by atoms with Crippen LogP contribution in [0.3, 0.4) is 0 Å². The fourth-order valence-corrected chi connectivity index (χ4v) is 3.59. The Kier molecular flexibility index (Phi) is 7.36. The molecule has 3 N–H and O–H groups in total. The van der Waals surface area contributed by atoms with Crippen molar-refractivity contribution in [2.45, 2.75) is 6.92 Å². The van der Waals surface area contributed by atoms with Gasteiger partial charge < -0.3 is 20.3 Å². The number of rotatable bonds is 7. The number of aryl methyl sites for hydroxylation is 1. The van der Waals surface area contributed by atoms with Crippen molar-refractivity contribution >= 4 is 29.2 Å². The SMILES string of the molecule is Cc1ccc(C(=O)N/C(=C\c2cccs2)C(=O)NCC[NH+]2CCOCC2)cc1. The Morgan fingerprint density at radius 1 is 1.18 bits per heavy atom. The molecule has 2 amide bonds. The summed E-state index contributed by atoms with van der Waals surface area (Å²) in [4.78, 5) is 27.6. The lowest BCUT2D eigenvalue weighted by atomic mass is 10.1. The van der Waals surface area contributed by atoms with E-state index in [1.807, 2.05) is 36.6 Å². The molecule has 1 fully saturated rings. The lowest BCUT2D eigenvalue weighted by Gasteiger charge is -2.23. The van der Waals surface area contributed by atoms with Gasteiger partial charge in [0, 0.05) is 10.4 Å². The second-order valence-electron chi connectivity index (χ2n) is 6.76. The van der Waals surface area contributed by atoms with E-state index in [0.29, 0.717) is 12.1 Å². The van der Waals surface area contributed by atoms with Crippen LogP contribution in [0.1, 0.15) is 20.8 Å². The molecule has 0 aliphatic carbocycles. The van der Waals surface area contributed by atoms with E-state index in [1.54, 1.807) is 18.2 Å². The number of quaternary nitrogens is 1. The molecule has 0 atom stereocenters. The van der Waals surface area contributed by atoms with Gasteiger partial charge in [0.2, 0.25) is 0 Å². The van der Waals surface area contributed by atoms with Gasteiger partial charge in [0.15, 0.2) is 0 Å². The molecule has 0 bridgehead atoms. The van der Waals surface area contributed by atoms with Crippen molar-refractivity contribution in [2.24, 2.45) is 0 Å². The smallest absolute Gasteiger partial charge is 0.268 e. The zero-order chi connectivity index (χ0) is 19.8. The molecule has 1 aromatic carbocycles. The Bertz CT molecular complexity index is 810. The van der Waals surface area contributed by atoms with Crippen LogP contribution in [-0.4, -0.2) is 51.2 Å². The molecule has 2 heterocycles. The fourth-order valence-electron chi connectivity index (χ4n) is 2.93. The van der Waals surface area contributed by atoms with E-state index in [4.69, 9.17) is 4.74 Å². The van der Waals surface area contributed by atoms with Crippen LogP contribution in [0.5, 0.6) is 0 Å². The minimum absolute atomic E-state index is 0.255. The third-order valence-electron chi connectivity index (χ3n) is 4.60. The van der Waals surface area contributed by atoms with Gasteiger partial charge in [-0.25, -0.2) is 0 Å². The van der Waals surface area contributed by atoms with E-state index < -0.39 is 0 Å². The van der Waals surface area contributed by atoms with E-state index in [0.717, 1.165) is 43.3 Å². The second-order valence-corrected chi connectivity index (χ2v) is 7.74. The molecule has 28 heavy (non-hydrogen) atoms. The van der Waals surface area contributed by atoms with E-state index in [1.165, 1.54) is 16.2 Å². The van der Waals surface area contributed by atoms with Crippen molar-refractivity contribution in [3.63, 3.8) is 0 Å². The first-order valence-corrected chi connectivity index (χ1v) is 10.3. The van der Waals surface area contributed by atoms with Crippen LogP contribution in [0.25, 0.3) is 6.08 Å². The third kappa shape index (κ3) is 6.02. The molecule has 0 saturated carbocycles. The minimum Gasteiger partial charge on any atom is -0.370 e. The first kappa shape index (κ1) is 20.3. The van der Waals surface area contributed by atoms with E-state index in [-0.39, 0.29) is 17.5 Å². The van der Waals surface area contributed by atoms with Crippen molar-refractivity contribution in [2.75, 3.05) is 39.4 Å². The number of hydrogen-bond donors (Lipinski definition) is 3. The van der Waals surface area contributed by atoms with Gasteiger partial charge in [-0.05, 0) is 36.6 Å². The van der Waals surface area contributed by atoms with Gasteiger partial charge in [0.05, 0.1) is 26.3 Å². The standard InChI is InChI=1S/C21H25N3O3S/c1-16-4-6-17(7-5-16)20(25)23-19(15-18-3-2-14-28-18)21(26)22-8-9-24-10-12-27-13-11-24/h2-7,14-15H,8-13H2,1H3,(H,22,26)(H,23,25)/p+1/b19-15-. The van der Waals surface area contributed by atoms with Crippen LogP contribution < -0.4 is 15.5 Å². The maximum Gasteiger partial charge on any atom is 0.268 e. The van der Waals surface area contributed by atoms with E-state index in [2.05, 4.69) is 10.6 Å². The van der Waals surface area contributed by atoms with Crippen LogP contribution in [0.4, 0.5) is 0 Å². The number of amides is 2. The number of morpholine rings is 1. The van der Waals surface area contributed by atoms with Gasteiger partial charge in [0.25, 0.3) is 11.8 Å². The fraction of sp³-hybridized carbons (Fsp3) is 0.333. The molecule has 1 aromatic heterocycles. The summed E-state index contributed by atoms with van der Waals surface area (Å²) in [5.74, 6) is -0.571. The highest BCUT2D eigenvalue weighted by atomic mass is 32.1. The molecule has 7 heteroatoms. The van der Waals surface area contributed by atoms with Gasteiger partial charge in [0.1, 0.15) is 18.8 Å². The molecular formula is C21H26N3O3S+. The minimum atomic E-state index is -0.295. The zero-order valence-electron chi connectivity index (χ0n) is 16.0. The topological polar surface area (TPSA) is 71.9 Å². The summed E-state index contributed by atoms with van der Waals surface area (Å²) in [6.07, 6.45) is 1.72. The van der Waals surface area contributed by atoms with Gasteiger partial charge in [-0.2, -0.15) is 0 Å². The highest BCUT2D eigenvalue weighted by Crippen LogP contribution is 2.13. The van der Waals surface area contributed by atoms with Crippen molar-refractivity contribution in [3.8, 4) is 0 Å². The molecule has 0 unspecified atom stereocenters. The lowest BCUT2D eigenvalue weighted by molar-refractivity contribution is -0.906. The number of nitrogens with one attached hydrogen (secondary N) is 3. The van der Waals surface area contributed by atoms with Gasteiger partial charge in [-0.1, -0.05) is 23.8 Å². The molecule has 1 aliphatic heterocycles. The Labute approximate surface area is 169 Å². The highest BCUT2D eigenvalue weighted by molar-refractivity contribution is 7.10. The Morgan fingerprint density at radius 2 is 1.93 bits per heavy atom. The molecule has 1 aliphatic rings. The largest absolute Gasteiger partial charge is 0.370 e. The van der Waals surface area contributed by atoms with E-state index in [9.17, 15) is 9.59 Å². The zero-order valence-corrected chi connectivity index (χ0v) is 16.8. The number of ether oxygens (including phenoxy) is 1. The second kappa shape index (κ2) is 10.2. The number of thiophene rings is 1. The Morgan fingerprint density at radius 3 is 2.61 bits per heavy atom. The van der Waals surface area contributed by atoms with Crippen LogP contribution in [0, 0.1) is 6.92 Å². The number of hydrogen-bond acceptors (Lipinski definition) is 4. The first-order chi connectivity index (χ1) is 13.6. The van der Waals surface area contributed by atoms with E-state index >= 15 is 0 Å². The number of benzene rings is 1. The van der Waals surface area contributed by atoms with Crippen molar-refractivity contribution in [3.05, 3.63) is 63.5 Å². The average molecular weight is 401 g/mol. The van der Waals surface area contributed by atoms with Crippen LogP contribution >= 0.6 is 11.3 Å². The molecule has 2 aromatic rings. The molecule has 1 saturated heterocycles. The Hall–Kier alpha value is -2.48. The molecule has 6 nitrogen and oxygen atoms in total. The summed E-state index contributed by atoms with van der Waals surface area (Å²) in [7, 11) is 0. The summed E-state index contributed by atoms with van der Waals surface area (Å²) in [5, 5.41) is 7.63. The normalized spacial score (nSPS) is 15.2. The van der Waals surface area contributed by atoms with Crippen LogP contribution in [0.2, 0.25) is 0 Å². The third-order valence-corrected chi connectivity index (χ3v) is 5.42. The predicted octanol–water partition coefficient (Wildman–Crippen LogP) is 0.859. The summed E-state index contributed by atoms with van der Waals surface area (Å²) in [5.41, 5.74) is 1.85. The summed E-state index contributed by atoms with van der Waals surface area (Å²) in [6.45, 7) is 6.80. The van der Waals surface area contributed by atoms with Crippen molar-refractivity contribution in [1.29, 1.82) is 0 Å². The van der Waals surface area contributed by atoms with Crippen LogP contribution in [-0.2, 0) is 9.53 Å². The molecule has 0 spiro atoms. The number of carbonyl (C=O) groups is 2. The number of carbonyl (C=O) groups excluding carboxylic acids is 2. The average Bonchev–Trinajstić information content (AvgIpc) is 3.22. The van der Waals surface area contributed by atoms with Gasteiger partial charge in [-0.15, -0.1) is 11.3 Å². The summed E-state index contributed by atoms with van der Waals surface area (Å²) >= 11 is 1.51. The maximum atomic E-state index is 12.7. The molecule has 3 rings (SSSR count). The molecule has 148 valence electrons. The van der Waals surface area contributed by atoms with Crippen molar-refractivity contribution < 1.29 is 19.2 Å². The molecule has 0 radical (unpaired) electrons. The van der Waals surface area contributed by atoms with Crippen LogP contribution in [0.15, 0.2) is 47.5 Å². The highest BCUT2D eigenvalue weighted by Gasteiger charge is 2.17. The Balaban J connectivity index is 1.63. The van der Waals surface area contributed by atoms with Gasteiger partial charge >= 0.3 is 0 Å². The van der Waals surface area contributed by atoms with Crippen molar-refractivity contribution in [1.82, 2.24) is 10.6 Å². The first-order valence-electron chi connectivity index (χ1n) is 9.44. The monoisotopic (exact) mass is 400 g/mol. The molecular weight excluding hydrogens is 374 g/mol. The quantitative estimate of drug-likeness (QED) is 0.604. The summed E-state index contributed by atoms with van der Waals surface area (Å²) < 4.78 is 5.35. The van der Waals surface area contributed by atoms with Gasteiger partial charge in [-0.3, -0.25) is 9.59 Å². The lowest BCUT2D eigenvalue weighted by Crippen LogP contribution is -3.14. The predicted molar refractivity (Wildman–Crippen MR) is 110 cm³/mol.